The second kappa shape index (κ2) is 8.99. The fourth-order valence-electron chi connectivity index (χ4n) is 3.31. The molecule has 0 aliphatic carbocycles. The van der Waals surface area contributed by atoms with Gasteiger partial charge in [-0.25, -0.2) is 26.8 Å². The standard InChI is InChI=1S/C19H22ClN3O5S2/c1-2-9-30(27,28)19-21-11-16(20)17(22-19)18(24)23(12-14-6-4-3-5-7-14)15-8-10-29(25,26)13-15/h3-7,11,15H,2,8-10,12-13H2,1H3. The molecule has 2 heterocycles. The van der Waals surface area contributed by atoms with Crippen molar-refractivity contribution in [3.05, 3.63) is 52.8 Å². The fourth-order valence-corrected chi connectivity index (χ4v) is 6.38. The predicted octanol–water partition coefficient (Wildman–Crippen LogP) is 2.14. The first-order valence-electron chi connectivity index (χ1n) is 9.43. The number of sulfone groups is 2. The molecule has 1 aromatic heterocycles. The molecule has 1 fully saturated rings. The summed E-state index contributed by atoms with van der Waals surface area (Å²) in [5.74, 6) is -0.947. The van der Waals surface area contributed by atoms with Crippen LogP contribution in [0.2, 0.25) is 5.02 Å². The summed E-state index contributed by atoms with van der Waals surface area (Å²) < 4.78 is 48.7. The second-order valence-corrected chi connectivity index (χ2v) is 11.8. The van der Waals surface area contributed by atoms with Crippen molar-refractivity contribution in [2.75, 3.05) is 17.3 Å². The molecule has 0 bridgehead atoms. The van der Waals surface area contributed by atoms with Gasteiger partial charge < -0.3 is 4.90 Å². The first-order chi connectivity index (χ1) is 14.1. The SMILES string of the molecule is CCCS(=O)(=O)c1ncc(Cl)c(C(=O)N(Cc2ccccc2)C2CCS(=O)(=O)C2)n1. The van der Waals surface area contributed by atoms with E-state index in [1.165, 1.54) is 4.90 Å². The molecule has 1 atom stereocenters. The Morgan fingerprint density at radius 1 is 1.27 bits per heavy atom. The Bertz CT molecular complexity index is 1140. The molecule has 11 heteroatoms. The lowest BCUT2D eigenvalue weighted by molar-refractivity contribution is 0.0674. The quantitative estimate of drug-likeness (QED) is 0.568. The van der Waals surface area contributed by atoms with Crippen LogP contribution in [0.4, 0.5) is 0 Å². The molecule has 8 nitrogen and oxygen atoms in total. The highest BCUT2D eigenvalue weighted by atomic mass is 35.5. The predicted molar refractivity (Wildman–Crippen MR) is 113 cm³/mol. The highest BCUT2D eigenvalue weighted by Gasteiger charge is 2.36. The Kier molecular flexibility index (Phi) is 6.78. The Morgan fingerprint density at radius 2 is 1.97 bits per heavy atom. The third-order valence-electron chi connectivity index (χ3n) is 4.78. The van der Waals surface area contributed by atoms with E-state index in [0.29, 0.717) is 12.8 Å². The summed E-state index contributed by atoms with van der Waals surface area (Å²) in [6.07, 6.45) is 1.76. The molecule has 0 spiro atoms. The van der Waals surface area contributed by atoms with E-state index < -0.39 is 36.8 Å². The van der Waals surface area contributed by atoms with E-state index in [9.17, 15) is 21.6 Å². The van der Waals surface area contributed by atoms with Crippen LogP contribution in [0.1, 0.15) is 35.8 Å². The van der Waals surface area contributed by atoms with Crippen LogP contribution in [-0.4, -0.2) is 60.9 Å². The summed E-state index contributed by atoms with van der Waals surface area (Å²) in [6.45, 7) is 1.86. The largest absolute Gasteiger partial charge is 0.329 e. The van der Waals surface area contributed by atoms with Crippen LogP contribution in [0, 0.1) is 0 Å². The number of rotatable bonds is 7. The third-order valence-corrected chi connectivity index (χ3v) is 8.51. The lowest BCUT2D eigenvalue weighted by Crippen LogP contribution is -2.41. The molecule has 30 heavy (non-hydrogen) atoms. The van der Waals surface area contributed by atoms with Crippen molar-refractivity contribution in [1.82, 2.24) is 14.9 Å². The normalized spacial score (nSPS) is 18.3. The van der Waals surface area contributed by atoms with Crippen LogP contribution in [-0.2, 0) is 26.2 Å². The number of amides is 1. The van der Waals surface area contributed by atoms with Gasteiger partial charge in [0.1, 0.15) is 0 Å². The van der Waals surface area contributed by atoms with E-state index in [4.69, 9.17) is 11.6 Å². The highest BCUT2D eigenvalue weighted by Crippen LogP contribution is 2.25. The summed E-state index contributed by atoms with van der Waals surface area (Å²) >= 11 is 6.14. The average molecular weight is 472 g/mol. The number of halogens is 1. The number of hydrogen-bond donors (Lipinski definition) is 0. The minimum Gasteiger partial charge on any atom is -0.329 e. The Balaban J connectivity index is 2.00. The summed E-state index contributed by atoms with van der Waals surface area (Å²) in [7, 11) is -7.01. The number of hydrogen-bond acceptors (Lipinski definition) is 7. The smallest absolute Gasteiger partial charge is 0.274 e. The molecule has 2 aromatic rings. The molecule has 3 rings (SSSR count). The van der Waals surface area contributed by atoms with Gasteiger partial charge in [-0.2, -0.15) is 0 Å². The van der Waals surface area contributed by atoms with Gasteiger partial charge in [0, 0.05) is 12.6 Å². The minimum atomic E-state index is -3.75. The lowest BCUT2D eigenvalue weighted by atomic mass is 10.1. The van der Waals surface area contributed by atoms with Crippen molar-refractivity contribution in [3.63, 3.8) is 0 Å². The first-order valence-corrected chi connectivity index (χ1v) is 13.3. The average Bonchev–Trinajstić information content (AvgIpc) is 3.06. The van der Waals surface area contributed by atoms with Gasteiger partial charge in [-0.15, -0.1) is 0 Å². The molecular formula is C19H22ClN3O5S2. The van der Waals surface area contributed by atoms with Gasteiger partial charge in [-0.05, 0) is 18.4 Å². The van der Waals surface area contributed by atoms with Gasteiger partial charge in [0.25, 0.3) is 5.91 Å². The number of aromatic nitrogens is 2. The molecule has 1 unspecified atom stereocenters. The molecule has 1 aliphatic rings. The van der Waals surface area contributed by atoms with Crippen molar-refractivity contribution in [3.8, 4) is 0 Å². The van der Waals surface area contributed by atoms with Crippen LogP contribution in [0.3, 0.4) is 0 Å². The zero-order chi connectivity index (χ0) is 21.9. The second-order valence-electron chi connectivity index (χ2n) is 7.14. The topological polar surface area (TPSA) is 114 Å². The maximum absolute atomic E-state index is 13.4. The zero-order valence-corrected chi connectivity index (χ0v) is 18.8. The Labute approximate surface area is 181 Å². The van der Waals surface area contributed by atoms with E-state index in [1.807, 2.05) is 30.3 Å². The Morgan fingerprint density at radius 3 is 2.57 bits per heavy atom. The summed E-state index contributed by atoms with van der Waals surface area (Å²) in [4.78, 5) is 22.5. The molecule has 1 saturated heterocycles. The van der Waals surface area contributed by atoms with E-state index in [2.05, 4.69) is 9.97 Å². The number of carbonyl (C=O) groups excluding carboxylic acids is 1. The molecule has 1 aromatic carbocycles. The number of carbonyl (C=O) groups is 1. The number of benzene rings is 1. The molecule has 162 valence electrons. The van der Waals surface area contributed by atoms with Gasteiger partial charge in [0.05, 0.1) is 28.5 Å². The van der Waals surface area contributed by atoms with Gasteiger partial charge in [0.15, 0.2) is 15.5 Å². The zero-order valence-electron chi connectivity index (χ0n) is 16.4. The maximum Gasteiger partial charge on any atom is 0.274 e. The van der Waals surface area contributed by atoms with Crippen molar-refractivity contribution in [1.29, 1.82) is 0 Å². The molecule has 0 radical (unpaired) electrons. The maximum atomic E-state index is 13.4. The summed E-state index contributed by atoms with van der Waals surface area (Å²) in [6, 6.07) is 8.56. The van der Waals surface area contributed by atoms with Crippen molar-refractivity contribution in [2.24, 2.45) is 0 Å². The van der Waals surface area contributed by atoms with E-state index in [0.717, 1.165) is 11.8 Å². The summed E-state index contributed by atoms with van der Waals surface area (Å²) in [5.41, 5.74) is 0.556. The molecular weight excluding hydrogens is 450 g/mol. The van der Waals surface area contributed by atoms with Crippen LogP contribution < -0.4 is 0 Å². The van der Waals surface area contributed by atoms with Crippen LogP contribution in [0.25, 0.3) is 0 Å². The minimum absolute atomic E-state index is 0.0100. The molecule has 1 aliphatic heterocycles. The molecule has 0 N–H and O–H groups in total. The van der Waals surface area contributed by atoms with E-state index in [1.54, 1.807) is 6.92 Å². The fraction of sp³-hybridized carbons (Fsp3) is 0.421. The first kappa shape index (κ1) is 22.6. The van der Waals surface area contributed by atoms with Crippen molar-refractivity contribution >= 4 is 37.2 Å². The Hall–Kier alpha value is -2.04. The van der Waals surface area contributed by atoms with E-state index >= 15 is 0 Å². The number of nitrogens with zero attached hydrogens (tertiary/aromatic N) is 3. The van der Waals surface area contributed by atoms with Gasteiger partial charge in [-0.3, -0.25) is 4.79 Å². The van der Waals surface area contributed by atoms with Crippen molar-refractivity contribution < 1.29 is 21.6 Å². The van der Waals surface area contributed by atoms with Crippen LogP contribution in [0.15, 0.2) is 41.7 Å². The summed E-state index contributed by atoms with van der Waals surface area (Å²) in [5, 5.41) is -0.551. The van der Waals surface area contributed by atoms with Crippen molar-refractivity contribution in [2.45, 2.75) is 37.5 Å². The monoisotopic (exact) mass is 471 g/mol. The lowest BCUT2D eigenvalue weighted by Gasteiger charge is -2.28. The van der Waals surface area contributed by atoms with Crippen LogP contribution in [0.5, 0.6) is 0 Å². The molecule has 0 saturated carbocycles. The van der Waals surface area contributed by atoms with Crippen LogP contribution >= 0.6 is 11.6 Å². The van der Waals surface area contributed by atoms with E-state index in [-0.39, 0.29) is 34.5 Å². The highest BCUT2D eigenvalue weighted by molar-refractivity contribution is 7.91. The van der Waals surface area contributed by atoms with Gasteiger partial charge in [-0.1, -0.05) is 48.9 Å². The van der Waals surface area contributed by atoms with Gasteiger partial charge >= 0.3 is 0 Å². The molecule has 1 amide bonds. The van der Waals surface area contributed by atoms with Gasteiger partial charge in [0.2, 0.25) is 15.0 Å². The third kappa shape index (κ3) is 5.16.